The van der Waals surface area contributed by atoms with Crippen LogP contribution in [-0.4, -0.2) is 23.3 Å². The fourth-order valence-electron chi connectivity index (χ4n) is 20.2. The molecule has 8 bridgehead atoms. The first-order chi connectivity index (χ1) is 52.2. The molecule has 11 aromatic rings. The van der Waals surface area contributed by atoms with Crippen molar-refractivity contribution >= 4 is 63.7 Å². The van der Waals surface area contributed by atoms with Gasteiger partial charge in [0.15, 0.2) is 0 Å². The van der Waals surface area contributed by atoms with Crippen molar-refractivity contribution < 1.29 is 0 Å². The first-order valence-corrected chi connectivity index (χ1v) is 43.6. The van der Waals surface area contributed by atoms with Crippen molar-refractivity contribution in [2.45, 2.75) is 133 Å². The van der Waals surface area contributed by atoms with Crippen LogP contribution in [-0.2, 0) is 21.7 Å². The molecule has 0 amide bonds. The molecule has 0 saturated heterocycles. The molecule has 0 nitrogen and oxygen atoms in total. The number of hydrogen-bond acceptors (Lipinski definition) is 0. The Bertz CT molecular complexity index is 3930. The highest BCUT2D eigenvalue weighted by molar-refractivity contribution is 9.09. The minimum absolute atomic E-state index is 0.192. The Labute approximate surface area is 678 Å². The van der Waals surface area contributed by atoms with Gasteiger partial charge in [-0.1, -0.05) is 382 Å². The highest BCUT2D eigenvalue weighted by Crippen LogP contribution is 2.75. The van der Waals surface area contributed by atoms with Crippen LogP contribution in [0.25, 0.3) is 0 Å². The molecule has 0 radical (unpaired) electrons. The van der Waals surface area contributed by atoms with Crippen molar-refractivity contribution in [2.24, 2.45) is 21.7 Å². The van der Waals surface area contributed by atoms with Crippen LogP contribution >= 0.6 is 63.7 Å². The minimum atomic E-state index is 0.192. The summed E-state index contributed by atoms with van der Waals surface area (Å²) in [4.78, 5) is 0. The van der Waals surface area contributed by atoms with Gasteiger partial charge in [0.05, 0.1) is 0 Å². The van der Waals surface area contributed by atoms with E-state index in [0.29, 0.717) is 21.7 Å². The highest BCUT2D eigenvalue weighted by atomic mass is 79.9. The Morgan fingerprint density at radius 2 is 0.299 bits per heavy atom. The van der Waals surface area contributed by atoms with Gasteiger partial charge in [-0.05, 0) is 258 Å². The first-order valence-electron chi connectivity index (χ1n) is 37.3. The number of hydrogen-bond donors (Lipinski definition) is 0. The van der Waals surface area contributed by atoms with Crippen LogP contribution < -0.4 is 0 Å². The van der Waals surface area contributed by atoms with Crippen LogP contribution in [0.1, 0.15) is 173 Å². The number of benzene rings is 11. The molecule has 0 aromatic heterocycles. The lowest BCUT2D eigenvalue weighted by Gasteiger charge is -2.71. The van der Waals surface area contributed by atoms with E-state index < -0.39 is 0 Å². The van der Waals surface area contributed by atoms with Crippen LogP contribution in [0.15, 0.2) is 334 Å². The van der Waals surface area contributed by atoms with Gasteiger partial charge < -0.3 is 0 Å². The van der Waals surface area contributed by atoms with E-state index in [0.717, 1.165) is 38.9 Å². The quantitative estimate of drug-likeness (QED) is 0.122. The predicted octanol–water partition coefficient (Wildman–Crippen LogP) is 27.9. The summed E-state index contributed by atoms with van der Waals surface area (Å²) >= 11 is 11.8. The molecule has 0 atom stereocenters. The molecular weight excluding hydrogens is 1560 g/mol. The van der Waals surface area contributed by atoms with E-state index in [1.54, 1.807) is 22.3 Å². The average Bonchev–Trinajstić information content (AvgIpc) is 0.980. The maximum Gasteiger partial charge on any atom is 0.0249 e. The Morgan fingerprint density at radius 1 is 0.178 bits per heavy atom. The van der Waals surface area contributed by atoms with Gasteiger partial charge in [-0.2, -0.15) is 0 Å². The summed E-state index contributed by atoms with van der Waals surface area (Å²) in [7, 11) is 0. The summed E-state index contributed by atoms with van der Waals surface area (Å²) in [5, 5.41) is 0. The third-order valence-electron chi connectivity index (χ3n) is 21.5. The molecule has 0 unspecified atom stereocenters. The Kier molecular flexibility index (Phi) is 32.9. The summed E-state index contributed by atoms with van der Waals surface area (Å²) in [5.41, 5.74) is 17.1. The molecule has 0 aliphatic heterocycles. The normalized spacial score (nSPS) is 23.7. The van der Waals surface area contributed by atoms with Crippen LogP contribution in [0.5, 0.6) is 0 Å². The second kappa shape index (κ2) is 41.8. The van der Waals surface area contributed by atoms with E-state index >= 15 is 0 Å². The van der Waals surface area contributed by atoms with Gasteiger partial charge in [0.1, 0.15) is 0 Å². The minimum Gasteiger partial charge on any atom is -0.101 e. The molecule has 0 spiro atoms. The smallest absolute Gasteiger partial charge is 0.0249 e. The monoisotopic (exact) mass is 1660 g/mol. The number of alkyl halides is 4. The van der Waals surface area contributed by atoms with Crippen molar-refractivity contribution in [1.29, 1.82) is 0 Å². The van der Waals surface area contributed by atoms with Crippen molar-refractivity contribution in [3.05, 3.63) is 395 Å². The zero-order valence-corrected chi connectivity index (χ0v) is 70.6. The maximum absolute atomic E-state index is 3.11. The SMILES string of the molecule is C(#Cc1ccccc1)c1ccccc1.C(#Cc1ccccc1)c1ccccc1.C(#Cc1ccccc1)c1ccccc1.CBr.CBr.CBr.CBr.CC#Cc1ccccc1.CC12CC3(C)CC(C)(C1)CC(C)(C2)C3.c1ccc(C23CC4(c5ccccc5)CC(c5ccccc5)(C2)CC(c2ccccc2)(C3)C4)cc1. The molecule has 0 N–H and O–H groups in total. The van der Waals surface area contributed by atoms with E-state index in [-0.39, 0.29) is 21.7 Å². The van der Waals surface area contributed by atoms with Crippen LogP contribution in [0.4, 0.5) is 0 Å². The van der Waals surface area contributed by atoms with E-state index in [1.165, 1.54) is 77.0 Å². The summed E-state index contributed by atoms with van der Waals surface area (Å²) in [5.74, 6) is 31.7. The van der Waals surface area contributed by atoms with Crippen molar-refractivity contribution in [3.8, 4) is 47.4 Å². The fourth-order valence-corrected chi connectivity index (χ4v) is 20.2. The average molecular weight is 1660 g/mol. The largest absolute Gasteiger partial charge is 0.101 e. The standard InChI is InChI=1S/C34H32.C14H24.3C14H10.C9H8.4CH3Br/c1-5-13-27(14-6-1)31-21-32(28-15-7-2-8-16-28)24-33(22-31,29-17-9-3-10-18-29)26-34(23-31,25-32)30-19-11-4-12-20-30;1-11-5-12(2)8-13(3,6-11)10-14(4,7-11)9-12;3*1-3-7-13(8-4-1)11-12-14-9-5-2-6-10-14;1-2-6-9-7-4-3-5-8-9;4*1-2/h1-20H,21-26H2;5-10H2,1-4H3;3*1-10H;3-5,7-8H,1H3;4*1H3. The molecular formula is C103H106Br4. The lowest BCUT2D eigenvalue weighted by atomic mass is 9.32. The third kappa shape index (κ3) is 23.8. The van der Waals surface area contributed by atoms with E-state index in [1.807, 2.05) is 243 Å². The van der Waals surface area contributed by atoms with Crippen molar-refractivity contribution in [1.82, 2.24) is 0 Å². The lowest BCUT2D eigenvalue weighted by Crippen LogP contribution is -2.67. The van der Waals surface area contributed by atoms with Crippen LogP contribution in [0.3, 0.4) is 0 Å². The molecule has 8 aliphatic rings. The zero-order valence-electron chi connectivity index (χ0n) is 64.3. The molecule has 19 rings (SSSR count). The van der Waals surface area contributed by atoms with Gasteiger partial charge in [0.25, 0.3) is 0 Å². The molecule has 4 heteroatoms. The molecule has 107 heavy (non-hydrogen) atoms. The van der Waals surface area contributed by atoms with E-state index in [4.69, 9.17) is 0 Å². The molecule has 8 fully saturated rings. The van der Waals surface area contributed by atoms with Gasteiger partial charge in [-0.3, -0.25) is 0 Å². The van der Waals surface area contributed by atoms with Gasteiger partial charge >= 0.3 is 0 Å². The molecule has 8 aliphatic carbocycles. The van der Waals surface area contributed by atoms with E-state index in [2.05, 4.69) is 260 Å². The summed E-state index contributed by atoms with van der Waals surface area (Å²) in [6.45, 7) is 12.1. The van der Waals surface area contributed by atoms with Crippen LogP contribution in [0, 0.1) is 69.0 Å². The molecule has 0 heterocycles. The van der Waals surface area contributed by atoms with Gasteiger partial charge in [-0.25, -0.2) is 0 Å². The summed E-state index contributed by atoms with van der Waals surface area (Å²) in [6, 6.07) is 116. The second-order valence-corrected chi connectivity index (χ2v) is 30.6. The van der Waals surface area contributed by atoms with Gasteiger partial charge in [0, 0.05) is 38.9 Å². The predicted molar refractivity (Wildman–Crippen MR) is 475 cm³/mol. The Morgan fingerprint density at radius 3 is 0.430 bits per heavy atom. The lowest BCUT2D eigenvalue weighted by molar-refractivity contribution is -0.176. The third-order valence-corrected chi connectivity index (χ3v) is 21.5. The second-order valence-electron chi connectivity index (χ2n) is 30.6. The van der Waals surface area contributed by atoms with Gasteiger partial charge in [0.2, 0.25) is 0 Å². The van der Waals surface area contributed by atoms with Gasteiger partial charge in [-0.15, -0.1) is 5.92 Å². The Hall–Kier alpha value is -8.42. The Balaban J connectivity index is 0.000000169. The molecule has 546 valence electrons. The van der Waals surface area contributed by atoms with E-state index in [9.17, 15) is 0 Å². The summed E-state index contributed by atoms with van der Waals surface area (Å²) < 4.78 is 0. The molecule has 8 saturated carbocycles. The first kappa shape index (κ1) is 84.2. The maximum atomic E-state index is 3.11. The summed E-state index contributed by atoms with van der Waals surface area (Å²) in [6.07, 6.45) is 16.6. The number of rotatable bonds is 4. The molecule has 11 aromatic carbocycles. The fraction of sp³-hybridized carbons (Fsp3) is 0.282. The van der Waals surface area contributed by atoms with Crippen LogP contribution in [0.2, 0.25) is 0 Å². The topological polar surface area (TPSA) is 0 Å². The van der Waals surface area contributed by atoms with Crippen molar-refractivity contribution in [3.63, 3.8) is 0 Å². The highest BCUT2D eigenvalue weighted by Gasteiger charge is 2.69. The number of halogens is 4. The zero-order chi connectivity index (χ0) is 76.4. The van der Waals surface area contributed by atoms with Crippen molar-refractivity contribution in [2.75, 3.05) is 23.3 Å².